The summed E-state index contributed by atoms with van der Waals surface area (Å²) in [4.78, 5) is 20.7. The Kier molecular flexibility index (Phi) is 3.65. The maximum Gasteiger partial charge on any atom is 0.346 e. The average Bonchev–Trinajstić information content (AvgIpc) is 2.84. The molecule has 3 rings (SSSR count). The molecule has 8 heteroatoms. The van der Waals surface area contributed by atoms with E-state index < -0.39 is 15.8 Å². The zero-order valence-electron chi connectivity index (χ0n) is 12.3. The first-order chi connectivity index (χ1) is 10.8. The molecule has 0 amide bonds. The van der Waals surface area contributed by atoms with Gasteiger partial charge < -0.3 is 5.11 Å². The summed E-state index contributed by atoms with van der Waals surface area (Å²) in [6.07, 6.45) is 2.52. The van der Waals surface area contributed by atoms with E-state index in [9.17, 15) is 18.3 Å². The highest BCUT2D eigenvalue weighted by Gasteiger charge is 2.19. The highest BCUT2D eigenvalue weighted by Crippen LogP contribution is 2.35. The maximum atomic E-state index is 11.5. The molecular weight excluding hydrogens is 336 g/mol. The van der Waals surface area contributed by atoms with Crippen LogP contribution in [0.2, 0.25) is 0 Å². The fourth-order valence-corrected chi connectivity index (χ4v) is 3.97. The van der Waals surface area contributed by atoms with Gasteiger partial charge in [0.15, 0.2) is 9.84 Å². The molecule has 0 unspecified atom stereocenters. The maximum absolute atomic E-state index is 11.5. The molecule has 118 valence electrons. The lowest BCUT2D eigenvalue weighted by Gasteiger charge is -2.05. The van der Waals surface area contributed by atoms with E-state index in [-0.39, 0.29) is 9.77 Å². The van der Waals surface area contributed by atoms with Gasteiger partial charge in [0.25, 0.3) is 0 Å². The number of fused-ring (bicyclic) bond motifs is 1. The fourth-order valence-electron chi connectivity index (χ4n) is 2.35. The largest absolute Gasteiger partial charge is 0.477 e. The molecule has 0 aliphatic carbocycles. The van der Waals surface area contributed by atoms with Gasteiger partial charge in [-0.1, -0.05) is 12.1 Å². The van der Waals surface area contributed by atoms with Crippen molar-refractivity contribution >= 4 is 37.4 Å². The molecule has 0 aliphatic rings. The Bertz CT molecular complexity index is 1020. The van der Waals surface area contributed by atoms with Gasteiger partial charge in [-0.15, -0.1) is 11.3 Å². The van der Waals surface area contributed by atoms with Crippen LogP contribution in [0.15, 0.2) is 35.5 Å². The quantitative estimate of drug-likeness (QED) is 0.781. The third-order valence-electron chi connectivity index (χ3n) is 3.48. The first kappa shape index (κ1) is 15.6. The number of aryl methyl sites for hydroxylation is 1. The van der Waals surface area contributed by atoms with Crippen molar-refractivity contribution in [2.45, 2.75) is 11.8 Å². The Labute approximate surface area is 136 Å². The van der Waals surface area contributed by atoms with Crippen molar-refractivity contribution in [1.82, 2.24) is 9.97 Å². The number of aromatic carboxylic acids is 1. The van der Waals surface area contributed by atoms with Crippen molar-refractivity contribution < 1.29 is 18.3 Å². The summed E-state index contributed by atoms with van der Waals surface area (Å²) >= 11 is 1.10. The Hall–Kier alpha value is -2.32. The van der Waals surface area contributed by atoms with Crippen molar-refractivity contribution in [3.63, 3.8) is 0 Å². The molecule has 2 aromatic heterocycles. The Morgan fingerprint density at radius 2 is 1.83 bits per heavy atom. The molecule has 2 heterocycles. The molecule has 0 saturated heterocycles. The Morgan fingerprint density at radius 3 is 2.39 bits per heavy atom. The molecule has 0 aliphatic heterocycles. The van der Waals surface area contributed by atoms with Gasteiger partial charge >= 0.3 is 5.97 Å². The zero-order valence-corrected chi connectivity index (χ0v) is 13.9. The van der Waals surface area contributed by atoms with Crippen LogP contribution in [0.25, 0.3) is 21.5 Å². The van der Waals surface area contributed by atoms with Crippen molar-refractivity contribution in [1.29, 1.82) is 0 Å². The highest BCUT2D eigenvalue weighted by atomic mass is 32.2. The fraction of sp³-hybridized carbons (Fsp3) is 0.133. The second-order valence-electron chi connectivity index (χ2n) is 5.06. The van der Waals surface area contributed by atoms with Crippen molar-refractivity contribution in [3.8, 4) is 11.3 Å². The van der Waals surface area contributed by atoms with Crippen molar-refractivity contribution in [3.05, 3.63) is 41.0 Å². The van der Waals surface area contributed by atoms with Crippen LogP contribution in [-0.4, -0.2) is 35.7 Å². The summed E-state index contributed by atoms with van der Waals surface area (Å²) < 4.78 is 23.1. The zero-order chi connectivity index (χ0) is 16.8. The number of carbonyl (C=O) groups is 1. The third-order valence-corrected chi connectivity index (χ3v) is 5.79. The van der Waals surface area contributed by atoms with Crippen LogP contribution >= 0.6 is 11.3 Å². The van der Waals surface area contributed by atoms with Crippen LogP contribution in [-0.2, 0) is 9.84 Å². The Balaban J connectivity index is 2.22. The smallest absolute Gasteiger partial charge is 0.346 e. The summed E-state index contributed by atoms with van der Waals surface area (Å²) in [5.74, 6) is -0.996. The average molecular weight is 348 g/mol. The van der Waals surface area contributed by atoms with Gasteiger partial charge in [0.05, 0.1) is 10.6 Å². The van der Waals surface area contributed by atoms with Crippen LogP contribution < -0.4 is 0 Å². The van der Waals surface area contributed by atoms with Crippen LogP contribution in [0, 0.1) is 6.92 Å². The number of rotatable bonds is 3. The molecule has 0 atom stereocenters. The van der Waals surface area contributed by atoms with Gasteiger partial charge in [-0.3, -0.25) is 0 Å². The molecule has 3 aromatic rings. The predicted octanol–water partition coefficient (Wildman–Crippen LogP) is 2.77. The van der Waals surface area contributed by atoms with E-state index in [0.717, 1.165) is 17.6 Å². The lowest BCUT2D eigenvalue weighted by molar-refractivity contribution is 0.0701. The lowest BCUT2D eigenvalue weighted by Crippen LogP contribution is -1.97. The third kappa shape index (κ3) is 2.71. The number of aromatic nitrogens is 2. The topological polar surface area (TPSA) is 97.2 Å². The number of nitrogens with zero attached hydrogens (tertiary/aromatic N) is 2. The van der Waals surface area contributed by atoms with Gasteiger partial charge in [-0.2, -0.15) is 0 Å². The second kappa shape index (κ2) is 5.39. The van der Waals surface area contributed by atoms with E-state index in [0.29, 0.717) is 27.0 Å². The van der Waals surface area contributed by atoms with Crippen molar-refractivity contribution in [2.75, 3.05) is 6.26 Å². The van der Waals surface area contributed by atoms with Gasteiger partial charge in [0.1, 0.15) is 16.0 Å². The van der Waals surface area contributed by atoms with Gasteiger partial charge in [-0.25, -0.2) is 23.2 Å². The van der Waals surface area contributed by atoms with Crippen LogP contribution in [0.5, 0.6) is 0 Å². The van der Waals surface area contributed by atoms with E-state index in [1.165, 1.54) is 18.5 Å². The second-order valence-corrected chi connectivity index (χ2v) is 8.08. The number of carboxylic acid groups (broad SMARTS) is 1. The van der Waals surface area contributed by atoms with E-state index >= 15 is 0 Å². The predicted molar refractivity (Wildman–Crippen MR) is 87.7 cm³/mol. The molecule has 0 spiro atoms. The molecular formula is C15H12N2O4S2. The number of hydrogen-bond acceptors (Lipinski definition) is 6. The first-order valence-electron chi connectivity index (χ1n) is 6.57. The van der Waals surface area contributed by atoms with Gasteiger partial charge in [0, 0.05) is 17.2 Å². The molecule has 6 nitrogen and oxygen atoms in total. The highest BCUT2D eigenvalue weighted by molar-refractivity contribution is 7.90. The van der Waals surface area contributed by atoms with Crippen LogP contribution in [0.1, 0.15) is 15.2 Å². The monoisotopic (exact) mass is 348 g/mol. The number of sulfone groups is 1. The van der Waals surface area contributed by atoms with E-state index in [4.69, 9.17) is 0 Å². The number of thiophene rings is 1. The summed E-state index contributed by atoms with van der Waals surface area (Å²) in [7, 11) is -3.27. The minimum absolute atomic E-state index is 0.222. The summed E-state index contributed by atoms with van der Waals surface area (Å²) in [5, 5.41) is 9.93. The van der Waals surface area contributed by atoms with E-state index in [1.807, 2.05) is 0 Å². The molecule has 23 heavy (non-hydrogen) atoms. The SMILES string of the molecule is Cc1c(C(=O)O)sc2ncnc(-c3ccc(S(C)(=O)=O)cc3)c12. The summed E-state index contributed by atoms with van der Waals surface area (Å²) in [6, 6.07) is 6.35. The number of benzene rings is 1. The van der Waals surface area contributed by atoms with E-state index in [2.05, 4.69) is 9.97 Å². The first-order valence-corrected chi connectivity index (χ1v) is 9.27. The lowest BCUT2D eigenvalue weighted by atomic mass is 10.1. The number of carboxylic acids is 1. The molecule has 0 fully saturated rings. The van der Waals surface area contributed by atoms with E-state index in [1.54, 1.807) is 19.1 Å². The number of hydrogen-bond donors (Lipinski definition) is 1. The molecule has 1 N–H and O–H groups in total. The standard InChI is InChI=1S/C15H12N2O4S2/c1-8-11-12(9-3-5-10(6-4-9)23(2,20)21)16-7-17-14(11)22-13(8)15(18)19/h3-7H,1-2H3,(H,18,19). The van der Waals surface area contributed by atoms with Crippen LogP contribution in [0.4, 0.5) is 0 Å². The summed E-state index contributed by atoms with van der Waals surface area (Å²) in [5.41, 5.74) is 1.92. The molecule has 0 bridgehead atoms. The van der Waals surface area contributed by atoms with Gasteiger partial charge in [0.2, 0.25) is 0 Å². The normalized spacial score (nSPS) is 11.7. The minimum atomic E-state index is -3.27. The molecule has 0 saturated carbocycles. The Morgan fingerprint density at radius 1 is 1.17 bits per heavy atom. The minimum Gasteiger partial charge on any atom is -0.477 e. The molecule has 1 aromatic carbocycles. The molecule has 0 radical (unpaired) electrons. The van der Waals surface area contributed by atoms with Gasteiger partial charge in [-0.05, 0) is 24.6 Å². The summed E-state index contributed by atoms with van der Waals surface area (Å²) in [6.45, 7) is 1.72. The van der Waals surface area contributed by atoms with Crippen molar-refractivity contribution in [2.24, 2.45) is 0 Å². The van der Waals surface area contributed by atoms with Crippen LogP contribution in [0.3, 0.4) is 0 Å².